The van der Waals surface area contributed by atoms with Crippen LogP contribution < -0.4 is 5.32 Å². The number of carbonyl (C=O) groups excluding carboxylic acids is 1. The highest BCUT2D eigenvalue weighted by Crippen LogP contribution is 2.24. The summed E-state index contributed by atoms with van der Waals surface area (Å²) in [5.74, 6) is 0.0460. The first-order valence-corrected chi connectivity index (χ1v) is 11.4. The minimum absolute atomic E-state index is 0.0460. The molecule has 0 unspecified atom stereocenters. The second kappa shape index (κ2) is 8.76. The van der Waals surface area contributed by atoms with Crippen molar-refractivity contribution in [2.45, 2.75) is 44.6 Å². The van der Waals surface area contributed by atoms with Crippen molar-refractivity contribution in [3.63, 3.8) is 0 Å². The molecule has 0 bridgehead atoms. The Bertz CT molecular complexity index is 753. The van der Waals surface area contributed by atoms with Crippen LogP contribution in [0.5, 0.6) is 0 Å². The Balaban J connectivity index is 1.16. The summed E-state index contributed by atoms with van der Waals surface area (Å²) in [7, 11) is 1.97. The SMILES string of the molecule is Cn1c(C(=O)NCCCN2CCC(N3CCCCC3)CC2)cc2sccc21. The number of carbonyl (C=O) groups is 1. The molecule has 5 nitrogen and oxygen atoms in total. The summed E-state index contributed by atoms with van der Waals surface area (Å²) >= 11 is 1.69. The maximum Gasteiger partial charge on any atom is 0.267 e. The van der Waals surface area contributed by atoms with E-state index in [1.54, 1.807) is 11.3 Å². The van der Waals surface area contributed by atoms with Crippen LogP contribution in [0.3, 0.4) is 0 Å². The molecule has 0 radical (unpaired) electrons. The molecule has 0 atom stereocenters. The van der Waals surface area contributed by atoms with Gasteiger partial charge in [0.25, 0.3) is 5.91 Å². The predicted octanol–water partition coefficient (Wildman–Crippen LogP) is 3.31. The Morgan fingerprint density at radius 1 is 1.19 bits per heavy atom. The fourth-order valence-corrected chi connectivity index (χ4v) is 5.50. The third-order valence-corrected chi connectivity index (χ3v) is 7.15. The number of piperidine rings is 2. The number of aryl methyl sites for hydroxylation is 1. The average molecular weight is 389 g/mol. The molecule has 2 aliphatic heterocycles. The standard InChI is InChI=1S/C21H32N4OS/c1-23-18-8-15-27-20(18)16-19(23)21(26)22-9-5-10-24-13-6-17(7-14-24)25-11-3-2-4-12-25/h8,15-17H,2-7,9-14H2,1H3,(H,22,26). The second-order valence-corrected chi connectivity index (χ2v) is 8.99. The van der Waals surface area contributed by atoms with E-state index in [1.165, 1.54) is 63.0 Å². The van der Waals surface area contributed by atoms with Gasteiger partial charge >= 0.3 is 0 Å². The van der Waals surface area contributed by atoms with E-state index in [-0.39, 0.29) is 5.91 Å². The Kier molecular flexibility index (Phi) is 6.15. The van der Waals surface area contributed by atoms with Crippen molar-refractivity contribution in [2.75, 3.05) is 39.3 Å². The molecule has 4 heterocycles. The summed E-state index contributed by atoms with van der Waals surface area (Å²) in [5, 5.41) is 5.17. The number of nitrogens with zero attached hydrogens (tertiary/aromatic N) is 3. The highest BCUT2D eigenvalue weighted by molar-refractivity contribution is 7.17. The van der Waals surface area contributed by atoms with Crippen molar-refractivity contribution in [1.82, 2.24) is 19.7 Å². The quantitative estimate of drug-likeness (QED) is 0.772. The topological polar surface area (TPSA) is 40.5 Å². The molecule has 2 aromatic heterocycles. The van der Waals surface area contributed by atoms with Crippen LogP contribution in [-0.4, -0.2) is 65.6 Å². The van der Waals surface area contributed by atoms with Crippen molar-refractivity contribution >= 4 is 27.5 Å². The minimum atomic E-state index is 0.0460. The number of likely N-dealkylation sites (tertiary alicyclic amines) is 2. The highest BCUT2D eigenvalue weighted by Gasteiger charge is 2.25. The molecule has 27 heavy (non-hydrogen) atoms. The average Bonchev–Trinajstić information content (AvgIpc) is 3.29. The Morgan fingerprint density at radius 2 is 1.96 bits per heavy atom. The van der Waals surface area contributed by atoms with E-state index in [4.69, 9.17) is 0 Å². The summed E-state index contributed by atoms with van der Waals surface area (Å²) in [6, 6.07) is 4.89. The lowest BCUT2D eigenvalue weighted by atomic mass is 10.00. The van der Waals surface area contributed by atoms with Gasteiger partial charge in [-0.1, -0.05) is 6.42 Å². The Labute approximate surface area is 166 Å². The molecule has 0 aliphatic carbocycles. The van der Waals surface area contributed by atoms with Crippen molar-refractivity contribution < 1.29 is 4.79 Å². The van der Waals surface area contributed by atoms with E-state index < -0.39 is 0 Å². The van der Waals surface area contributed by atoms with Gasteiger partial charge in [0.05, 0.1) is 10.2 Å². The van der Waals surface area contributed by atoms with Crippen LogP contribution in [0, 0.1) is 0 Å². The molecule has 148 valence electrons. The summed E-state index contributed by atoms with van der Waals surface area (Å²) in [4.78, 5) is 17.8. The zero-order valence-corrected chi connectivity index (χ0v) is 17.3. The van der Waals surface area contributed by atoms with Crippen LogP contribution in [0.15, 0.2) is 17.5 Å². The van der Waals surface area contributed by atoms with Gasteiger partial charge in [-0.2, -0.15) is 0 Å². The van der Waals surface area contributed by atoms with Crippen molar-refractivity contribution in [1.29, 1.82) is 0 Å². The predicted molar refractivity (Wildman–Crippen MR) is 113 cm³/mol. The molecule has 2 aromatic rings. The number of hydrogen-bond acceptors (Lipinski definition) is 4. The van der Waals surface area contributed by atoms with Gasteiger partial charge in [0.1, 0.15) is 5.69 Å². The number of amides is 1. The molecule has 4 rings (SSSR count). The van der Waals surface area contributed by atoms with E-state index in [2.05, 4.69) is 26.6 Å². The van der Waals surface area contributed by atoms with Gasteiger partial charge in [0.2, 0.25) is 0 Å². The van der Waals surface area contributed by atoms with E-state index in [9.17, 15) is 4.79 Å². The molecule has 1 N–H and O–H groups in total. The minimum Gasteiger partial charge on any atom is -0.351 e. The first kappa shape index (κ1) is 19.0. The zero-order valence-electron chi connectivity index (χ0n) is 16.5. The number of rotatable bonds is 6. The van der Waals surface area contributed by atoms with Crippen LogP contribution in [0.1, 0.15) is 49.0 Å². The van der Waals surface area contributed by atoms with Crippen molar-refractivity contribution in [3.05, 3.63) is 23.2 Å². The number of fused-ring (bicyclic) bond motifs is 1. The smallest absolute Gasteiger partial charge is 0.267 e. The van der Waals surface area contributed by atoms with E-state index in [1.807, 2.05) is 17.7 Å². The monoisotopic (exact) mass is 388 g/mol. The third kappa shape index (κ3) is 4.39. The van der Waals surface area contributed by atoms with E-state index in [0.29, 0.717) is 0 Å². The highest BCUT2D eigenvalue weighted by atomic mass is 32.1. The Hall–Kier alpha value is -1.37. The van der Waals surface area contributed by atoms with Crippen LogP contribution in [0.2, 0.25) is 0 Å². The summed E-state index contributed by atoms with van der Waals surface area (Å²) in [5.41, 5.74) is 1.90. The molecule has 0 saturated carbocycles. The number of nitrogens with one attached hydrogen (secondary N) is 1. The fraction of sp³-hybridized carbons (Fsp3) is 0.667. The van der Waals surface area contributed by atoms with Crippen LogP contribution in [0.25, 0.3) is 10.2 Å². The molecule has 2 aliphatic rings. The first-order chi connectivity index (χ1) is 13.2. The molecular formula is C21H32N4OS. The van der Waals surface area contributed by atoms with Gasteiger partial charge in [-0.25, -0.2) is 0 Å². The maximum atomic E-state index is 12.5. The number of hydrogen-bond donors (Lipinski definition) is 1. The van der Waals surface area contributed by atoms with Crippen LogP contribution in [-0.2, 0) is 7.05 Å². The number of aromatic nitrogens is 1. The lowest BCUT2D eigenvalue weighted by molar-refractivity contribution is 0.0900. The van der Waals surface area contributed by atoms with Crippen molar-refractivity contribution in [2.24, 2.45) is 7.05 Å². The fourth-order valence-electron chi connectivity index (χ4n) is 4.65. The van der Waals surface area contributed by atoms with Crippen LogP contribution in [0.4, 0.5) is 0 Å². The molecular weight excluding hydrogens is 356 g/mol. The molecule has 2 saturated heterocycles. The molecule has 0 aromatic carbocycles. The van der Waals surface area contributed by atoms with Crippen molar-refractivity contribution in [3.8, 4) is 0 Å². The van der Waals surface area contributed by atoms with Gasteiger partial charge in [-0.3, -0.25) is 4.79 Å². The van der Waals surface area contributed by atoms with Gasteiger partial charge in [0.15, 0.2) is 0 Å². The van der Waals surface area contributed by atoms with E-state index >= 15 is 0 Å². The Morgan fingerprint density at radius 3 is 2.70 bits per heavy atom. The van der Waals surface area contributed by atoms with E-state index in [0.717, 1.165) is 36.8 Å². The van der Waals surface area contributed by atoms with Gasteiger partial charge in [-0.05, 0) is 82.3 Å². The maximum absolute atomic E-state index is 12.5. The lowest BCUT2D eigenvalue weighted by Crippen LogP contribution is -2.47. The lowest BCUT2D eigenvalue weighted by Gasteiger charge is -2.40. The third-order valence-electron chi connectivity index (χ3n) is 6.30. The second-order valence-electron chi connectivity index (χ2n) is 8.04. The molecule has 6 heteroatoms. The van der Waals surface area contributed by atoms with Crippen LogP contribution >= 0.6 is 11.3 Å². The first-order valence-electron chi connectivity index (χ1n) is 10.5. The molecule has 2 fully saturated rings. The molecule has 1 amide bonds. The number of thiophene rings is 1. The van der Waals surface area contributed by atoms with Gasteiger partial charge in [-0.15, -0.1) is 11.3 Å². The normalized spacial score (nSPS) is 20.3. The largest absolute Gasteiger partial charge is 0.351 e. The summed E-state index contributed by atoms with van der Waals surface area (Å²) < 4.78 is 3.17. The zero-order chi connectivity index (χ0) is 18.6. The summed E-state index contributed by atoms with van der Waals surface area (Å²) in [6.45, 7) is 6.90. The summed E-state index contributed by atoms with van der Waals surface area (Å²) in [6.07, 6.45) is 7.85. The van der Waals surface area contributed by atoms with Gasteiger partial charge in [0, 0.05) is 19.6 Å². The molecule has 0 spiro atoms. The van der Waals surface area contributed by atoms with Gasteiger partial charge < -0.3 is 19.7 Å².